The van der Waals surface area contributed by atoms with E-state index in [1.807, 2.05) is 24.3 Å². The van der Waals surface area contributed by atoms with Gasteiger partial charge in [0.15, 0.2) is 0 Å². The molecule has 4 nitrogen and oxygen atoms in total. The lowest BCUT2D eigenvalue weighted by atomic mass is 10.2. The van der Waals surface area contributed by atoms with Crippen molar-refractivity contribution in [3.63, 3.8) is 0 Å². The Labute approximate surface area is 117 Å². The molecule has 0 unspecified atom stereocenters. The molecule has 0 saturated heterocycles. The van der Waals surface area contributed by atoms with Crippen molar-refractivity contribution in [2.75, 3.05) is 12.3 Å². The van der Waals surface area contributed by atoms with Gasteiger partial charge in [0.05, 0.1) is 24.3 Å². The Hall–Kier alpha value is -1.62. The molecule has 0 bridgehead atoms. The Balaban J connectivity index is 1.99. The first-order chi connectivity index (χ1) is 9.15. The summed E-state index contributed by atoms with van der Waals surface area (Å²) in [6.45, 7) is 4.79. The van der Waals surface area contributed by atoms with Crippen LogP contribution in [0.5, 0.6) is 5.88 Å². The monoisotopic (exact) mass is 278 g/mol. The summed E-state index contributed by atoms with van der Waals surface area (Å²) < 4.78 is 10.9. The van der Waals surface area contributed by atoms with E-state index in [1.165, 1.54) is 0 Å². The number of ether oxygens (including phenoxy) is 1. The Morgan fingerprint density at radius 3 is 2.89 bits per heavy atom. The van der Waals surface area contributed by atoms with Crippen LogP contribution in [0.2, 0.25) is 0 Å². The molecule has 0 radical (unpaired) electrons. The second-order valence-corrected chi connectivity index (χ2v) is 5.61. The van der Waals surface area contributed by atoms with Gasteiger partial charge in [-0.2, -0.15) is 0 Å². The van der Waals surface area contributed by atoms with E-state index in [0.717, 1.165) is 16.5 Å². The normalized spacial score (nSPS) is 10.9. The smallest absolute Gasteiger partial charge is 0.238 e. The number of anilines is 1. The molecule has 0 saturated carbocycles. The predicted molar refractivity (Wildman–Crippen MR) is 77.3 cm³/mol. The molecule has 2 aromatic rings. The number of rotatable bonds is 6. The molecule has 0 aliphatic heterocycles. The number of furan rings is 1. The fourth-order valence-corrected chi connectivity index (χ4v) is 2.18. The van der Waals surface area contributed by atoms with Crippen molar-refractivity contribution >= 4 is 17.4 Å². The van der Waals surface area contributed by atoms with E-state index in [2.05, 4.69) is 18.8 Å². The highest BCUT2D eigenvalue weighted by Gasteiger charge is 2.07. The molecule has 2 aromatic heterocycles. The summed E-state index contributed by atoms with van der Waals surface area (Å²) in [5.41, 5.74) is 6.42. The third-order valence-corrected chi connectivity index (χ3v) is 3.31. The molecule has 0 spiro atoms. The predicted octanol–water partition coefficient (Wildman–Crippen LogP) is 3.58. The zero-order valence-electron chi connectivity index (χ0n) is 11.1. The maximum absolute atomic E-state index is 5.85. The van der Waals surface area contributed by atoms with Crippen LogP contribution in [-0.4, -0.2) is 11.6 Å². The largest absolute Gasteiger partial charge is 0.476 e. The van der Waals surface area contributed by atoms with Gasteiger partial charge in [0.1, 0.15) is 10.8 Å². The molecule has 0 atom stereocenters. The maximum atomic E-state index is 5.85. The third-order valence-electron chi connectivity index (χ3n) is 2.36. The first-order valence-electron chi connectivity index (χ1n) is 6.19. The topological polar surface area (TPSA) is 61.3 Å². The SMILES string of the molecule is CC(C)COc1nc(SCc2ccco2)ccc1N. The number of nitrogens with two attached hydrogens (primary N) is 1. The van der Waals surface area contributed by atoms with Gasteiger partial charge in [-0.3, -0.25) is 0 Å². The first kappa shape index (κ1) is 13.8. The number of hydrogen-bond donors (Lipinski definition) is 1. The van der Waals surface area contributed by atoms with Gasteiger partial charge in [-0.25, -0.2) is 4.98 Å². The van der Waals surface area contributed by atoms with Crippen LogP contribution in [0.15, 0.2) is 40.0 Å². The maximum Gasteiger partial charge on any atom is 0.238 e. The third kappa shape index (κ3) is 4.21. The van der Waals surface area contributed by atoms with E-state index in [9.17, 15) is 0 Å². The molecule has 0 amide bonds. The van der Waals surface area contributed by atoms with Gasteiger partial charge in [0, 0.05) is 0 Å². The van der Waals surface area contributed by atoms with E-state index in [4.69, 9.17) is 14.9 Å². The van der Waals surface area contributed by atoms with Gasteiger partial charge < -0.3 is 14.9 Å². The number of hydrogen-bond acceptors (Lipinski definition) is 5. The highest BCUT2D eigenvalue weighted by Crippen LogP contribution is 2.26. The van der Waals surface area contributed by atoms with Crippen molar-refractivity contribution in [2.45, 2.75) is 24.6 Å². The summed E-state index contributed by atoms with van der Waals surface area (Å²) in [6, 6.07) is 7.54. The van der Waals surface area contributed by atoms with Gasteiger partial charge in [-0.1, -0.05) is 25.6 Å². The first-order valence-corrected chi connectivity index (χ1v) is 7.18. The Kier molecular flexibility index (Phi) is 4.74. The van der Waals surface area contributed by atoms with Crippen LogP contribution >= 0.6 is 11.8 Å². The molecule has 102 valence electrons. The number of pyridine rings is 1. The van der Waals surface area contributed by atoms with Crippen molar-refractivity contribution in [2.24, 2.45) is 5.92 Å². The number of nitrogens with zero attached hydrogens (tertiary/aromatic N) is 1. The molecule has 0 aliphatic rings. The van der Waals surface area contributed by atoms with Crippen molar-refractivity contribution < 1.29 is 9.15 Å². The van der Waals surface area contributed by atoms with Crippen molar-refractivity contribution in [1.29, 1.82) is 0 Å². The van der Waals surface area contributed by atoms with Gasteiger partial charge in [0.25, 0.3) is 0 Å². The van der Waals surface area contributed by atoms with Gasteiger partial charge in [0.2, 0.25) is 5.88 Å². The van der Waals surface area contributed by atoms with Crippen LogP contribution < -0.4 is 10.5 Å². The Bertz CT molecular complexity index is 512. The Morgan fingerprint density at radius 1 is 1.37 bits per heavy atom. The number of aromatic nitrogens is 1. The quantitative estimate of drug-likeness (QED) is 0.818. The highest BCUT2D eigenvalue weighted by molar-refractivity contribution is 7.98. The standard InChI is InChI=1S/C14H18N2O2S/c1-10(2)8-18-14-12(15)5-6-13(16-14)19-9-11-4-3-7-17-11/h3-7,10H,8-9,15H2,1-2H3. The van der Waals surface area contributed by atoms with Crippen LogP contribution in [-0.2, 0) is 5.75 Å². The fraction of sp³-hybridized carbons (Fsp3) is 0.357. The zero-order chi connectivity index (χ0) is 13.7. The molecule has 0 aromatic carbocycles. The zero-order valence-corrected chi connectivity index (χ0v) is 11.9. The Morgan fingerprint density at radius 2 is 2.21 bits per heavy atom. The van der Waals surface area contributed by atoms with Crippen LogP contribution in [0.4, 0.5) is 5.69 Å². The minimum atomic E-state index is 0.445. The molecule has 0 fully saturated rings. The molecule has 0 aliphatic carbocycles. The van der Waals surface area contributed by atoms with E-state index in [0.29, 0.717) is 24.1 Å². The molecular formula is C14H18N2O2S. The minimum Gasteiger partial charge on any atom is -0.476 e. The van der Waals surface area contributed by atoms with Gasteiger partial charge in [-0.15, -0.1) is 0 Å². The van der Waals surface area contributed by atoms with Crippen LogP contribution in [0.1, 0.15) is 19.6 Å². The van der Waals surface area contributed by atoms with Crippen LogP contribution in [0, 0.1) is 5.92 Å². The molecule has 2 N–H and O–H groups in total. The van der Waals surface area contributed by atoms with E-state index in [-0.39, 0.29) is 0 Å². The van der Waals surface area contributed by atoms with E-state index >= 15 is 0 Å². The van der Waals surface area contributed by atoms with Crippen molar-refractivity contribution in [3.05, 3.63) is 36.3 Å². The average molecular weight is 278 g/mol. The summed E-state index contributed by atoms with van der Waals surface area (Å²) in [6.07, 6.45) is 1.67. The van der Waals surface area contributed by atoms with Gasteiger partial charge >= 0.3 is 0 Å². The average Bonchev–Trinajstić information content (AvgIpc) is 2.89. The van der Waals surface area contributed by atoms with Gasteiger partial charge in [-0.05, 0) is 30.2 Å². The summed E-state index contributed by atoms with van der Waals surface area (Å²) in [7, 11) is 0. The lowest BCUT2D eigenvalue weighted by Crippen LogP contribution is -2.07. The van der Waals surface area contributed by atoms with Crippen molar-refractivity contribution in [3.8, 4) is 5.88 Å². The summed E-state index contributed by atoms with van der Waals surface area (Å²) in [5, 5.41) is 0.879. The second-order valence-electron chi connectivity index (χ2n) is 4.62. The molecular weight excluding hydrogens is 260 g/mol. The van der Waals surface area contributed by atoms with Crippen molar-refractivity contribution in [1.82, 2.24) is 4.98 Å². The molecule has 5 heteroatoms. The van der Waals surface area contributed by atoms with Crippen LogP contribution in [0.3, 0.4) is 0 Å². The molecule has 2 heterocycles. The molecule has 19 heavy (non-hydrogen) atoms. The summed E-state index contributed by atoms with van der Waals surface area (Å²) >= 11 is 1.59. The fourth-order valence-electron chi connectivity index (χ4n) is 1.42. The highest BCUT2D eigenvalue weighted by atomic mass is 32.2. The number of thioether (sulfide) groups is 1. The second kappa shape index (κ2) is 6.52. The number of nitrogen functional groups attached to an aromatic ring is 1. The molecule has 2 rings (SSSR count). The lowest BCUT2D eigenvalue weighted by molar-refractivity contribution is 0.261. The van der Waals surface area contributed by atoms with E-state index < -0.39 is 0 Å². The summed E-state index contributed by atoms with van der Waals surface area (Å²) in [4.78, 5) is 4.42. The lowest BCUT2D eigenvalue weighted by Gasteiger charge is -2.10. The minimum absolute atomic E-state index is 0.445. The van der Waals surface area contributed by atoms with Crippen LogP contribution in [0.25, 0.3) is 0 Å². The van der Waals surface area contributed by atoms with E-state index in [1.54, 1.807) is 18.0 Å². The summed E-state index contributed by atoms with van der Waals surface area (Å²) in [5.74, 6) is 2.63.